The lowest BCUT2D eigenvalue weighted by Gasteiger charge is -2.37. The van der Waals surface area contributed by atoms with Gasteiger partial charge in [-0.05, 0) is 25.7 Å². The van der Waals surface area contributed by atoms with Gasteiger partial charge in [-0.25, -0.2) is 18.7 Å². The van der Waals surface area contributed by atoms with E-state index in [9.17, 15) is 13.6 Å². The van der Waals surface area contributed by atoms with E-state index in [2.05, 4.69) is 25.0 Å². The molecule has 0 aromatic carbocycles. The largest absolute Gasteiger partial charge is 0.487 e. The number of halogens is 3. The van der Waals surface area contributed by atoms with Gasteiger partial charge in [0.2, 0.25) is 11.9 Å². The Labute approximate surface area is 232 Å². The maximum Gasteiger partial charge on any atom is 0.324 e. The van der Waals surface area contributed by atoms with Gasteiger partial charge in [-0.3, -0.25) is 4.79 Å². The molecule has 3 aliphatic rings. The Balaban J connectivity index is 0.00000353. The van der Waals surface area contributed by atoms with Crippen molar-refractivity contribution in [2.75, 3.05) is 42.5 Å². The second kappa shape index (κ2) is 11.7. The van der Waals surface area contributed by atoms with E-state index < -0.39 is 31.0 Å². The van der Waals surface area contributed by atoms with E-state index >= 15 is 0 Å². The molecule has 11 nitrogen and oxygen atoms in total. The second-order valence-electron chi connectivity index (χ2n) is 11.0. The molecule has 3 saturated heterocycles. The highest BCUT2D eigenvalue weighted by molar-refractivity contribution is 5.85. The monoisotopic (exact) mass is 570 g/mol. The first-order valence-electron chi connectivity index (χ1n) is 13.3. The summed E-state index contributed by atoms with van der Waals surface area (Å²) < 4.78 is 39.4. The number of piperidine rings is 2. The fourth-order valence-corrected chi connectivity index (χ4v) is 5.45. The SMILES string of the molecule is CC(C)c1noc(N2CCC([C@H](C)Oc3cnc(N4C[C@H](N)[C@@H](N5CC(F)(F)CCC5=O)C4)nc3)CC2)n1.Cl. The van der Waals surface area contributed by atoms with Gasteiger partial charge in [0, 0.05) is 51.0 Å². The van der Waals surface area contributed by atoms with Crippen LogP contribution in [0.1, 0.15) is 58.2 Å². The Hall–Kier alpha value is -2.80. The fraction of sp³-hybridized carbons (Fsp3) is 0.720. The summed E-state index contributed by atoms with van der Waals surface area (Å²) in [5, 5.41) is 4.05. The highest BCUT2D eigenvalue weighted by Gasteiger charge is 2.45. The zero-order valence-electron chi connectivity index (χ0n) is 22.5. The quantitative estimate of drug-likeness (QED) is 0.531. The number of carbonyl (C=O) groups excluding carboxylic acids is 1. The molecule has 0 unspecified atom stereocenters. The number of nitrogens with two attached hydrogens (primary N) is 1. The standard InChI is InChI=1S/C25H36F2N8O3.ClH/c1-15(2)22-31-24(38-32-22)33-8-5-17(6-9-33)16(3)37-18-10-29-23(30-11-18)34-12-19(28)20(13-34)35-14-25(26,27)7-4-21(35)36;/h10-11,15-17,19-20H,4-9,12-14,28H2,1-3H3;1H/t16-,19-,20-;/m0./s1. The Bertz CT molecular complexity index is 1110. The third kappa shape index (κ3) is 6.51. The summed E-state index contributed by atoms with van der Waals surface area (Å²) in [5.41, 5.74) is 6.25. The number of hydrogen-bond acceptors (Lipinski definition) is 10. The maximum atomic E-state index is 13.9. The molecule has 39 heavy (non-hydrogen) atoms. The number of nitrogens with zero attached hydrogens (tertiary/aromatic N) is 7. The van der Waals surface area contributed by atoms with Crippen molar-refractivity contribution in [1.82, 2.24) is 25.0 Å². The van der Waals surface area contributed by atoms with Gasteiger partial charge in [0.05, 0.1) is 31.1 Å². The van der Waals surface area contributed by atoms with E-state index in [0.29, 0.717) is 36.7 Å². The van der Waals surface area contributed by atoms with Gasteiger partial charge < -0.3 is 29.7 Å². The van der Waals surface area contributed by atoms with Crippen LogP contribution in [0.5, 0.6) is 5.75 Å². The minimum atomic E-state index is -2.88. The van der Waals surface area contributed by atoms with E-state index in [0.717, 1.165) is 31.8 Å². The zero-order chi connectivity index (χ0) is 27.0. The van der Waals surface area contributed by atoms with Crippen molar-refractivity contribution in [3.05, 3.63) is 18.2 Å². The van der Waals surface area contributed by atoms with E-state index in [4.69, 9.17) is 15.0 Å². The molecule has 0 bridgehead atoms. The molecular formula is C25H37ClF2N8O3. The molecule has 0 saturated carbocycles. The molecular weight excluding hydrogens is 534 g/mol. The predicted octanol–water partition coefficient (Wildman–Crippen LogP) is 2.86. The molecule has 1 amide bonds. The molecule has 0 radical (unpaired) electrons. The lowest BCUT2D eigenvalue weighted by atomic mass is 9.92. The number of alkyl halides is 2. The Kier molecular flexibility index (Phi) is 8.79. The Morgan fingerprint density at radius 2 is 1.82 bits per heavy atom. The molecule has 5 heterocycles. The van der Waals surface area contributed by atoms with E-state index in [1.54, 1.807) is 12.4 Å². The minimum absolute atomic E-state index is 0. The number of amides is 1. The van der Waals surface area contributed by atoms with Crippen LogP contribution in [0, 0.1) is 5.92 Å². The van der Waals surface area contributed by atoms with Crippen LogP contribution in [0.2, 0.25) is 0 Å². The van der Waals surface area contributed by atoms with Crippen LogP contribution in [0.15, 0.2) is 16.9 Å². The van der Waals surface area contributed by atoms with Crippen LogP contribution in [0.3, 0.4) is 0 Å². The molecule has 3 aliphatic heterocycles. The smallest absolute Gasteiger partial charge is 0.324 e. The molecule has 14 heteroatoms. The van der Waals surface area contributed by atoms with Gasteiger partial charge in [0.25, 0.3) is 5.92 Å². The van der Waals surface area contributed by atoms with Gasteiger partial charge in [0.15, 0.2) is 11.6 Å². The summed E-state index contributed by atoms with van der Waals surface area (Å²) in [7, 11) is 0. The lowest BCUT2D eigenvalue weighted by Crippen LogP contribution is -2.56. The second-order valence-corrected chi connectivity index (χ2v) is 11.0. The minimum Gasteiger partial charge on any atom is -0.487 e. The highest BCUT2D eigenvalue weighted by atomic mass is 35.5. The Morgan fingerprint density at radius 1 is 1.13 bits per heavy atom. The summed E-state index contributed by atoms with van der Waals surface area (Å²) in [6.07, 6.45) is 4.51. The number of carbonyl (C=O) groups is 1. The first-order valence-corrected chi connectivity index (χ1v) is 13.3. The summed E-state index contributed by atoms with van der Waals surface area (Å²) in [6, 6.07) is -0.377. The maximum absolute atomic E-state index is 13.9. The third-order valence-electron chi connectivity index (χ3n) is 7.80. The van der Waals surface area contributed by atoms with Gasteiger partial charge in [-0.1, -0.05) is 19.0 Å². The molecule has 0 aliphatic carbocycles. The number of anilines is 2. The van der Waals surface area contributed by atoms with Crippen molar-refractivity contribution < 1.29 is 22.8 Å². The van der Waals surface area contributed by atoms with E-state index in [-0.39, 0.29) is 36.8 Å². The Morgan fingerprint density at radius 3 is 2.46 bits per heavy atom. The van der Waals surface area contributed by atoms with Crippen molar-refractivity contribution >= 4 is 30.3 Å². The van der Waals surface area contributed by atoms with Crippen LogP contribution in [-0.2, 0) is 4.79 Å². The molecule has 3 atom stereocenters. The first kappa shape index (κ1) is 29.2. The number of rotatable bonds is 7. The van der Waals surface area contributed by atoms with Gasteiger partial charge in [0.1, 0.15) is 0 Å². The lowest BCUT2D eigenvalue weighted by molar-refractivity contribution is -0.150. The summed E-state index contributed by atoms with van der Waals surface area (Å²) >= 11 is 0. The van der Waals surface area contributed by atoms with Crippen LogP contribution in [0.25, 0.3) is 0 Å². The van der Waals surface area contributed by atoms with E-state index in [1.165, 1.54) is 4.90 Å². The number of ether oxygens (including phenoxy) is 1. The molecule has 5 rings (SSSR count). The van der Waals surface area contributed by atoms with Crippen LogP contribution in [0.4, 0.5) is 20.7 Å². The summed E-state index contributed by atoms with van der Waals surface area (Å²) in [6.45, 7) is 7.86. The molecule has 2 aromatic heterocycles. The number of hydrogen-bond donors (Lipinski definition) is 1. The zero-order valence-corrected chi connectivity index (χ0v) is 23.3. The number of aromatic nitrogens is 4. The predicted molar refractivity (Wildman–Crippen MR) is 143 cm³/mol. The van der Waals surface area contributed by atoms with Crippen LogP contribution >= 0.6 is 12.4 Å². The average Bonchev–Trinajstić information content (AvgIpc) is 3.54. The average molecular weight is 571 g/mol. The first-order chi connectivity index (χ1) is 18.1. The van der Waals surface area contributed by atoms with Crippen molar-refractivity contribution in [2.24, 2.45) is 11.7 Å². The van der Waals surface area contributed by atoms with Crippen molar-refractivity contribution in [3.63, 3.8) is 0 Å². The van der Waals surface area contributed by atoms with Gasteiger partial charge in [-0.15, -0.1) is 12.4 Å². The fourth-order valence-electron chi connectivity index (χ4n) is 5.45. The van der Waals surface area contributed by atoms with Crippen LogP contribution in [-0.4, -0.2) is 87.7 Å². The van der Waals surface area contributed by atoms with Crippen molar-refractivity contribution in [1.29, 1.82) is 0 Å². The summed E-state index contributed by atoms with van der Waals surface area (Å²) in [5.74, 6) is -0.858. The molecule has 216 valence electrons. The summed E-state index contributed by atoms with van der Waals surface area (Å²) in [4.78, 5) is 30.9. The van der Waals surface area contributed by atoms with Gasteiger partial charge >= 0.3 is 6.01 Å². The van der Waals surface area contributed by atoms with Gasteiger partial charge in [-0.2, -0.15) is 4.98 Å². The molecule has 2 aromatic rings. The number of likely N-dealkylation sites (tertiary alicyclic amines) is 1. The van der Waals surface area contributed by atoms with Crippen molar-refractivity contribution in [2.45, 2.75) is 76.5 Å². The third-order valence-corrected chi connectivity index (χ3v) is 7.80. The van der Waals surface area contributed by atoms with Crippen LogP contribution < -0.4 is 20.3 Å². The molecule has 3 fully saturated rings. The topological polar surface area (TPSA) is 127 Å². The normalized spacial score (nSPS) is 24.7. The van der Waals surface area contributed by atoms with Crippen molar-refractivity contribution in [3.8, 4) is 5.75 Å². The highest BCUT2D eigenvalue weighted by Crippen LogP contribution is 2.32. The van der Waals surface area contributed by atoms with E-state index in [1.807, 2.05) is 25.7 Å². The molecule has 2 N–H and O–H groups in total. The molecule has 0 spiro atoms.